The lowest BCUT2D eigenvalue weighted by molar-refractivity contribution is -0.138. The highest BCUT2D eigenvalue weighted by atomic mass is 32.2. The molecule has 0 aromatic heterocycles. The van der Waals surface area contributed by atoms with E-state index < -0.39 is 10.0 Å². The Balaban J connectivity index is 1.25. The third-order valence-electron chi connectivity index (χ3n) is 8.50. The van der Waals surface area contributed by atoms with Crippen LogP contribution in [0.15, 0.2) is 17.0 Å². The minimum Gasteiger partial charge on any atom is -0.497 e. The van der Waals surface area contributed by atoms with Gasteiger partial charge in [-0.3, -0.25) is 9.69 Å². The van der Waals surface area contributed by atoms with Crippen molar-refractivity contribution >= 4 is 15.9 Å². The molecule has 0 spiro atoms. The molecule has 1 amide bonds. The number of nitrogens with zero attached hydrogens (tertiary/aromatic N) is 4. The topological polar surface area (TPSA) is 82.6 Å². The molecule has 3 fully saturated rings. The maximum absolute atomic E-state index is 13.7. The summed E-state index contributed by atoms with van der Waals surface area (Å²) in [6.07, 6.45) is 5.66. The number of carbonyl (C=O) groups excluding carboxylic acids is 1. The molecule has 1 aromatic rings. The van der Waals surface area contributed by atoms with E-state index in [9.17, 15) is 13.2 Å². The summed E-state index contributed by atoms with van der Waals surface area (Å²) in [5.41, 5.74) is 1.40. The van der Waals surface area contributed by atoms with E-state index in [-0.39, 0.29) is 18.6 Å². The normalized spacial score (nSPS) is 23.1. The fraction of sp³-hybridized carbons (Fsp3) is 0.750. The summed E-state index contributed by atoms with van der Waals surface area (Å²) in [6, 6.07) is 4.07. The summed E-state index contributed by atoms with van der Waals surface area (Å²) >= 11 is 0. The van der Waals surface area contributed by atoms with Gasteiger partial charge >= 0.3 is 0 Å². The van der Waals surface area contributed by atoms with Crippen molar-refractivity contribution in [1.29, 1.82) is 0 Å². The minimum atomic E-state index is -3.65. The van der Waals surface area contributed by atoms with Crippen molar-refractivity contribution in [3.05, 3.63) is 23.3 Å². The van der Waals surface area contributed by atoms with Crippen LogP contribution in [0.2, 0.25) is 0 Å². The molecule has 10 heteroatoms. The van der Waals surface area contributed by atoms with Crippen LogP contribution in [-0.2, 0) is 19.6 Å². The zero-order valence-corrected chi connectivity index (χ0v) is 24.5. The average molecular weight is 551 g/mol. The lowest BCUT2D eigenvalue weighted by Gasteiger charge is -2.42. The molecule has 0 N–H and O–H groups in total. The molecule has 0 saturated carbocycles. The van der Waals surface area contributed by atoms with Gasteiger partial charge < -0.3 is 19.3 Å². The highest BCUT2D eigenvalue weighted by molar-refractivity contribution is 7.89. The van der Waals surface area contributed by atoms with Gasteiger partial charge in [-0.05, 0) is 89.3 Å². The first-order valence-electron chi connectivity index (χ1n) is 14.2. The monoisotopic (exact) mass is 550 g/mol. The molecule has 3 aliphatic rings. The number of amides is 1. The molecule has 38 heavy (non-hydrogen) atoms. The number of piperazine rings is 1. The number of methoxy groups -OCH3 is 1. The van der Waals surface area contributed by atoms with Crippen molar-refractivity contribution in [3.8, 4) is 5.75 Å². The third kappa shape index (κ3) is 6.88. The first kappa shape index (κ1) is 29.3. The van der Waals surface area contributed by atoms with Crippen molar-refractivity contribution in [1.82, 2.24) is 19.0 Å². The Morgan fingerprint density at radius 3 is 2.24 bits per heavy atom. The molecule has 3 heterocycles. The summed E-state index contributed by atoms with van der Waals surface area (Å²) in [5.74, 6) is 0.695. The largest absolute Gasteiger partial charge is 0.497 e. The van der Waals surface area contributed by atoms with Gasteiger partial charge in [-0.1, -0.05) is 6.42 Å². The van der Waals surface area contributed by atoms with Gasteiger partial charge in [0.25, 0.3) is 0 Å². The van der Waals surface area contributed by atoms with Gasteiger partial charge in [0.1, 0.15) is 12.4 Å². The maximum Gasteiger partial charge on any atom is 0.248 e. The van der Waals surface area contributed by atoms with Gasteiger partial charge in [-0.25, -0.2) is 8.42 Å². The second-order valence-electron chi connectivity index (χ2n) is 11.1. The Kier molecular flexibility index (Phi) is 10.1. The number of benzene rings is 1. The van der Waals surface area contributed by atoms with E-state index in [0.29, 0.717) is 47.4 Å². The highest BCUT2D eigenvalue weighted by Crippen LogP contribution is 2.32. The summed E-state index contributed by atoms with van der Waals surface area (Å²) in [4.78, 5) is 20.0. The smallest absolute Gasteiger partial charge is 0.248 e. The van der Waals surface area contributed by atoms with E-state index in [4.69, 9.17) is 9.47 Å². The van der Waals surface area contributed by atoms with Crippen molar-refractivity contribution in [2.24, 2.45) is 0 Å². The van der Waals surface area contributed by atoms with Gasteiger partial charge in [0, 0.05) is 51.4 Å². The van der Waals surface area contributed by atoms with Crippen LogP contribution < -0.4 is 4.74 Å². The Morgan fingerprint density at radius 2 is 1.61 bits per heavy atom. The van der Waals surface area contributed by atoms with Gasteiger partial charge in [0.2, 0.25) is 15.9 Å². The number of carbonyl (C=O) groups is 1. The quantitative estimate of drug-likeness (QED) is 0.437. The summed E-state index contributed by atoms with van der Waals surface area (Å²) in [7, 11) is 0.122. The fourth-order valence-electron chi connectivity index (χ4n) is 6.30. The summed E-state index contributed by atoms with van der Waals surface area (Å²) in [6.45, 7) is 10.3. The van der Waals surface area contributed by atoms with Crippen molar-refractivity contribution < 1.29 is 22.7 Å². The predicted octanol–water partition coefficient (Wildman–Crippen LogP) is 2.50. The minimum absolute atomic E-state index is 0.0330. The number of aryl methyl sites for hydroxylation is 2. The van der Waals surface area contributed by atoms with Crippen LogP contribution in [0, 0.1) is 13.8 Å². The van der Waals surface area contributed by atoms with Gasteiger partial charge in [0.15, 0.2) is 0 Å². The Labute approximate surface area is 229 Å². The van der Waals surface area contributed by atoms with Gasteiger partial charge in [-0.2, -0.15) is 4.31 Å². The van der Waals surface area contributed by atoms with E-state index >= 15 is 0 Å². The van der Waals surface area contributed by atoms with Crippen molar-refractivity contribution in [3.63, 3.8) is 0 Å². The molecule has 0 radical (unpaired) electrons. The van der Waals surface area contributed by atoms with Crippen LogP contribution in [-0.4, -0.2) is 119 Å². The van der Waals surface area contributed by atoms with Crippen LogP contribution >= 0.6 is 0 Å². The number of hydrogen-bond acceptors (Lipinski definition) is 7. The van der Waals surface area contributed by atoms with Crippen LogP contribution in [0.5, 0.6) is 5.75 Å². The fourth-order valence-corrected chi connectivity index (χ4v) is 8.44. The molecule has 9 nitrogen and oxygen atoms in total. The lowest BCUT2D eigenvalue weighted by atomic mass is 10.0. The van der Waals surface area contributed by atoms with Crippen LogP contribution in [0.3, 0.4) is 0 Å². The zero-order valence-electron chi connectivity index (χ0n) is 23.7. The Bertz CT molecular complexity index is 1030. The van der Waals surface area contributed by atoms with Crippen molar-refractivity contribution in [2.45, 2.75) is 69.4 Å². The number of hydrogen-bond donors (Lipinski definition) is 0. The van der Waals surface area contributed by atoms with E-state index in [0.717, 1.165) is 58.5 Å². The van der Waals surface area contributed by atoms with Gasteiger partial charge in [-0.15, -0.1) is 0 Å². The van der Waals surface area contributed by atoms with Crippen LogP contribution in [0.4, 0.5) is 0 Å². The molecular formula is C28H46N4O5S. The van der Waals surface area contributed by atoms with Crippen LogP contribution in [0.1, 0.15) is 49.7 Å². The standard InChI is InChI=1S/C28H46N4O5S/c1-22-19-26(36-4)20-23(2)28(22)38(34,35)32-11-6-5-7-25(32)10-18-37-21-27(33)31-16-14-30(15-17-31)24-8-12-29(3)13-9-24/h19-20,24-25H,5-18,21H2,1-4H3. The molecule has 1 aromatic carbocycles. The molecule has 4 rings (SSSR count). The first-order valence-corrected chi connectivity index (χ1v) is 15.6. The SMILES string of the molecule is COc1cc(C)c(S(=O)(=O)N2CCCCC2CCOCC(=O)N2CCN(C3CCN(C)CC3)CC2)c(C)c1. The maximum atomic E-state index is 13.7. The number of likely N-dealkylation sites (tertiary alicyclic amines) is 1. The third-order valence-corrected chi connectivity index (χ3v) is 10.8. The molecule has 3 aliphatic heterocycles. The Morgan fingerprint density at radius 1 is 0.947 bits per heavy atom. The number of piperidine rings is 2. The number of ether oxygens (including phenoxy) is 2. The predicted molar refractivity (Wildman–Crippen MR) is 148 cm³/mol. The van der Waals surface area contributed by atoms with E-state index in [2.05, 4.69) is 16.8 Å². The lowest BCUT2D eigenvalue weighted by Crippen LogP contribution is -2.54. The molecule has 214 valence electrons. The summed E-state index contributed by atoms with van der Waals surface area (Å²) in [5, 5.41) is 0. The molecule has 3 saturated heterocycles. The second-order valence-corrected chi connectivity index (χ2v) is 13.0. The zero-order chi connectivity index (χ0) is 27.3. The molecule has 1 unspecified atom stereocenters. The van der Waals surface area contributed by atoms with E-state index in [1.807, 2.05) is 18.7 Å². The summed E-state index contributed by atoms with van der Waals surface area (Å²) < 4.78 is 40.2. The number of rotatable bonds is 9. The highest BCUT2D eigenvalue weighted by Gasteiger charge is 2.35. The van der Waals surface area contributed by atoms with E-state index in [1.54, 1.807) is 23.5 Å². The molecule has 0 bridgehead atoms. The van der Waals surface area contributed by atoms with E-state index in [1.165, 1.54) is 12.8 Å². The molecule has 0 aliphatic carbocycles. The second kappa shape index (κ2) is 13.1. The van der Waals surface area contributed by atoms with Gasteiger partial charge in [0.05, 0.1) is 12.0 Å². The average Bonchev–Trinajstić information content (AvgIpc) is 2.91. The molecular weight excluding hydrogens is 504 g/mol. The first-order chi connectivity index (χ1) is 18.2. The van der Waals surface area contributed by atoms with Crippen LogP contribution in [0.25, 0.3) is 0 Å². The Hall–Kier alpha value is -1.72. The molecule has 1 atom stereocenters. The van der Waals surface area contributed by atoms with Crippen molar-refractivity contribution in [2.75, 3.05) is 73.2 Å². The number of sulfonamides is 1.